The van der Waals surface area contributed by atoms with Gasteiger partial charge in [-0.15, -0.1) is 0 Å². The van der Waals surface area contributed by atoms with Crippen LogP contribution < -0.4 is 5.32 Å². The van der Waals surface area contributed by atoms with Gasteiger partial charge in [-0.3, -0.25) is 4.79 Å². The lowest BCUT2D eigenvalue weighted by Gasteiger charge is -1.94. The topological polar surface area (TPSA) is 51.4 Å². The molecule has 53 valence electrons. The highest BCUT2D eigenvalue weighted by atomic mass is 16.4. The second-order valence-corrected chi connectivity index (χ2v) is 1.76. The average molecular weight is 130 g/mol. The molecule has 3 nitrogen and oxygen atoms in total. The van der Waals surface area contributed by atoms with E-state index >= 15 is 0 Å². The van der Waals surface area contributed by atoms with Crippen LogP contribution in [0.2, 0.25) is 0 Å². The molecular formula is C6H12NO2. The first-order valence-corrected chi connectivity index (χ1v) is 3.12. The molecule has 0 saturated heterocycles. The summed E-state index contributed by atoms with van der Waals surface area (Å²) in [6.45, 7) is 3.42. The Labute approximate surface area is 55.1 Å². The van der Waals surface area contributed by atoms with Crippen molar-refractivity contribution in [1.82, 2.24) is 5.32 Å². The van der Waals surface area contributed by atoms with Crippen LogP contribution in [-0.2, 0) is 4.79 Å². The lowest BCUT2D eigenvalue weighted by atomic mass is 10.3. The van der Waals surface area contributed by atoms with Gasteiger partial charge in [0.15, 0.2) is 0 Å². The van der Waals surface area contributed by atoms with Crippen LogP contribution in [0.3, 0.4) is 0 Å². The van der Waals surface area contributed by atoms with Crippen LogP contribution in [0, 0.1) is 0 Å². The zero-order chi connectivity index (χ0) is 7.11. The van der Waals surface area contributed by atoms with Crippen LogP contribution in [0.25, 0.3) is 0 Å². The monoisotopic (exact) mass is 130 g/mol. The molecule has 0 aliphatic rings. The van der Waals surface area contributed by atoms with Crippen LogP contribution in [0.4, 0.5) is 0 Å². The molecule has 0 heterocycles. The van der Waals surface area contributed by atoms with Gasteiger partial charge in [0.2, 0.25) is 0 Å². The Hall–Kier alpha value is -0.570. The van der Waals surface area contributed by atoms with E-state index in [4.69, 9.17) is 5.11 Å². The highest BCUT2D eigenvalue weighted by Gasteiger charge is 1.94. The molecular weight excluding hydrogens is 118 g/mol. The molecule has 9 heavy (non-hydrogen) atoms. The van der Waals surface area contributed by atoms with Crippen molar-refractivity contribution in [3.63, 3.8) is 0 Å². The van der Waals surface area contributed by atoms with Crippen molar-refractivity contribution in [1.29, 1.82) is 0 Å². The van der Waals surface area contributed by atoms with Crippen molar-refractivity contribution in [3.05, 3.63) is 0 Å². The van der Waals surface area contributed by atoms with E-state index in [1.807, 2.05) is 6.92 Å². The Morgan fingerprint density at radius 3 is 2.78 bits per heavy atom. The number of rotatable bonds is 5. The molecule has 0 spiro atoms. The summed E-state index contributed by atoms with van der Waals surface area (Å²) in [4.78, 5) is 9.92. The molecule has 0 fully saturated rings. The summed E-state index contributed by atoms with van der Waals surface area (Å²) in [7, 11) is 0. The third kappa shape index (κ3) is 7.43. The number of nitrogens with zero attached hydrogens (tertiary/aromatic N) is 1. The second-order valence-electron chi connectivity index (χ2n) is 1.76. The van der Waals surface area contributed by atoms with Gasteiger partial charge in [-0.25, -0.2) is 5.32 Å². The Kier molecular flexibility index (Phi) is 5.21. The number of hydrogen-bond acceptors (Lipinski definition) is 1. The zero-order valence-electron chi connectivity index (χ0n) is 5.63. The zero-order valence-corrected chi connectivity index (χ0v) is 5.63. The maximum absolute atomic E-state index is 9.92. The minimum Gasteiger partial charge on any atom is -0.481 e. The number of carboxylic acids is 1. The molecule has 0 aromatic heterocycles. The van der Waals surface area contributed by atoms with Crippen LogP contribution >= 0.6 is 0 Å². The van der Waals surface area contributed by atoms with Gasteiger partial charge in [-0.05, 0) is 6.42 Å². The van der Waals surface area contributed by atoms with E-state index in [-0.39, 0.29) is 6.42 Å². The minimum atomic E-state index is -0.735. The predicted octanol–water partition coefficient (Wildman–Crippen LogP) is 0.475. The maximum atomic E-state index is 9.92. The Morgan fingerprint density at radius 1 is 1.67 bits per heavy atom. The standard InChI is InChI=1S/C6H12NO2/c1-2-7-5-3-4-6(8)9/h2-5H2,1H3,(H,8,9). The Balaban J connectivity index is 2.83. The van der Waals surface area contributed by atoms with Crippen molar-refractivity contribution in [2.45, 2.75) is 19.8 Å². The lowest BCUT2D eigenvalue weighted by Crippen LogP contribution is -2.07. The first-order chi connectivity index (χ1) is 4.27. The summed E-state index contributed by atoms with van der Waals surface area (Å²) in [5.74, 6) is -0.735. The summed E-state index contributed by atoms with van der Waals surface area (Å²) in [6.07, 6.45) is 0.909. The molecule has 0 aliphatic carbocycles. The fourth-order valence-electron chi connectivity index (χ4n) is 0.500. The molecule has 0 amide bonds. The first kappa shape index (κ1) is 8.43. The average Bonchev–Trinajstić information content (AvgIpc) is 1.80. The second kappa shape index (κ2) is 5.56. The van der Waals surface area contributed by atoms with E-state index in [0.717, 1.165) is 6.54 Å². The summed E-state index contributed by atoms with van der Waals surface area (Å²) >= 11 is 0. The van der Waals surface area contributed by atoms with Crippen LogP contribution in [0.5, 0.6) is 0 Å². The normalized spacial score (nSPS) is 9.44. The largest absolute Gasteiger partial charge is 0.481 e. The van der Waals surface area contributed by atoms with Crippen LogP contribution in [-0.4, -0.2) is 24.2 Å². The van der Waals surface area contributed by atoms with Gasteiger partial charge in [0.05, 0.1) is 0 Å². The molecule has 0 unspecified atom stereocenters. The van der Waals surface area contributed by atoms with E-state index < -0.39 is 5.97 Å². The fourth-order valence-corrected chi connectivity index (χ4v) is 0.500. The van der Waals surface area contributed by atoms with Gasteiger partial charge < -0.3 is 5.11 Å². The van der Waals surface area contributed by atoms with E-state index in [1.54, 1.807) is 0 Å². The first-order valence-electron chi connectivity index (χ1n) is 3.12. The number of hydrogen-bond donors (Lipinski definition) is 1. The van der Waals surface area contributed by atoms with Crippen molar-refractivity contribution in [2.24, 2.45) is 0 Å². The van der Waals surface area contributed by atoms with Crippen molar-refractivity contribution >= 4 is 5.97 Å². The van der Waals surface area contributed by atoms with Crippen molar-refractivity contribution < 1.29 is 9.90 Å². The van der Waals surface area contributed by atoms with Crippen molar-refractivity contribution in [3.8, 4) is 0 Å². The Bertz CT molecular complexity index is 83.1. The molecule has 1 N–H and O–H groups in total. The molecule has 0 rings (SSSR count). The summed E-state index contributed by atoms with van der Waals surface area (Å²) in [6, 6.07) is 0. The fraction of sp³-hybridized carbons (Fsp3) is 0.833. The molecule has 0 aliphatic heterocycles. The summed E-state index contributed by atoms with van der Waals surface area (Å²) < 4.78 is 0. The van der Waals surface area contributed by atoms with E-state index in [1.165, 1.54) is 0 Å². The summed E-state index contributed by atoms with van der Waals surface area (Å²) in [5, 5.41) is 12.2. The lowest BCUT2D eigenvalue weighted by molar-refractivity contribution is -0.137. The number of aliphatic carboxylic acids is 1. The maximum Gasteiger partial charge on any atom is 0.303 e. The van der Waals surface area contributed by atoms with Gasteiger partial charge in [0.25, 0.3) is 0 Å². The van der Waals surface area contributed by atoms with Crippen molar-refractivity contribution in [2.75, 3.05) is 13.1 Å². The third-order valence-corrected chi connectivity index (χ3v) is 0.930. The number of carbonyl (C=O) groups is 1. The van der Waals surface area contributed by atoms with Crippen LogP contribution in [0.15, 0.2) is 0 Å². The van der Waals surface area contributed by atoms with E-state index in [0.29, 0.717) is 13.0 Å². The molecule has 1 radical (unpaired) electrons. The molecule has 3 heteroatoms. The smallest absolute Gasteiger partial charge is 0.303 e. The van der Waals surface area contributed by atoms with Gasteiger partial charge in [-0.2, -0.15) is 0 Å². The Morgan fingerprint density at radius 2 is 2.33 bits per heavy atom. The molecule has 0 atom stereocenters. The quantitative estimate of drug-likeness (QED) is 0.550. The van der Waals surface area contributed by atoms with Gasteiger partial charge in [-0.1, -0.05) is 6.92 Å². The van der Waals surface area contributed by atoms with Gasteiger partial charge in [0, 0.05) is 19.5 Å². The van der Waals surface area contributed by atoms with Gasteiger partial charge in [0.1, 0.15) is 0 Å². The van der Waals surface area contributed by atoms with Crippen LogP contribution in [0.1, 0.15) is 19.8 Å². The summed E-state index contributed by atoms with van der Waals surface area (Å²) in [5.41, 5.74) is 0. The highest BCUT2D eigenvalue weighted by molar-refractivity contribution is 5.66. The third-order valence-electron chi connectivity index (χ3n) is 0.930. The number of carboxylic acid groups (broad SMARTS) is 1. The highest BCUT2D eigenvalue weighted by Crippen LogP contribution is 1.85. The predicted molar refractivity (Wildman–Crippen MR) is 34.4 cm³/mol. The van der Waals surface area contributed by atoms with E-state index in [9.17, 15) is 4.79 Å². The van der Waals surface area contributed by atoms with Gasteiger partial charge >= 0.3 is 5.97 Å². The minimum absolute atomic E-state index is 0.240. The molecule has 0 aromatic rings. The molecule has 0 aromatic carbocycles. The van der Waals surface area contributed by atoms with E-state index in [2.05, 4.69) is 5.32 Å². The molecule has 0 saturated carbocycles. The molecule has 0 bridgehead atoms. The SMILES string of the molecule is CC[N]CCCC(=O)O.